The first kappa shape index (κ1) is 14.8. The van der Waals surface area contributed by atoms with E-state index in [1.165, 1.54) is 18.3 Å². The Labute approximate surface area is 105 Å². The second kappa shape index (κ2) is 6.60. The molecular weight excluding hydrogens is 264 g/mol. The van der Waals surface area contributed by atoms with Gasteiger partial charge in [-0.3, -0.25) is 0 Å². The van der Waals surface area contributed by atoms with Gasteiger partial charge in [0, 0.05) is 12.7 Å². The first-order valence-corrected chi connectivity index (χ1v) is 6.92. The van der Waals surface area contributed by atoms with Gasteiger partial charge in [0.05, 0.1) is 6.54 Å². The summed E-state index contributed by atoms with van der Waals surface area (Å²) in [6.07, 6.45) is -0.506. The molecule has 0 saturated heterocycles. The van der Waals surface area contributed by atoms with E-state index in [2.05, 4.69) is 10.3 Å². The molecule has 0 radical (unpaired) electrons. The van der Waals surface area contributed by atoms with E-state index in [0.717, 1.165) is 6.42 Å². The predicted octanol–water partition coefficient (Wildman–Crippen LogP) is 1.45. The van der Waals surface area contributed by atoms with Gasteiger partial charge in [-0.05, 0) is 18.6 Å². The van der Waals surface area contributed by atoms with Crippen molar-refractivity contribution in [2.45, 2.75) is 24.7 Å². The molecule has 18 heavy (non-hydrogen) atoms. The van der Waals surface area contributed by atoms with Gasteiger partial charge in [0.15, 0.2) is 0 Å². The van der Waals surface area contributed by atoms with Crippen LogP contribution in [0.2, 0.25) is 0 Å². The van der Waals surface area contributed by atoms with Gasteiger partial charge in [-0.1, -0.05) is 6.92 Å². The summed E-state index contributed by atoms with van der Waals surface area (Å²) in [4.78, 5) is 3.77. The molecule has 0 saturated carbocycles. The van der Waals surface area contributed by atoms with Crippen molar-refractivity contribution in [3.05, 3.63) is 18.3 Å². The average molecular weight is 279 g/mol. The van der Waals surface area contributed by atoms with Crippen LogP contribution in [-0.4, -0.2) is 32.9 Å². The van der Waals surface area contributed by atoms with E-state index in [0.29, 0.717) is 6.54 Å². The van der Waals surface area contributed by atoms with Crippen LogP contribution in [0.15, 0.2) is 23.2 Å². The van der Waals surface area contributed by atoms with Crippen LogP contribution in [0.25, 0.3) is 0 Å². The van der Waals surface area contributed by atoms with Gasteiger partial charge >= 0.3 is 0 Å². The standard InChI is InChI=1S/C10H15F2N3O2S/c1-2-5-13-10-8(4-3-6-14-10)18(16,17)15-7-9(11)12/h3-4,6,9,15H,2,5,7H2,1H3,(H,13,14). The zero-order valence-corrected chi connectivity index (χ0v) is 10.7. The molecule has 8 heteroatoms. The lowest BCUT2D eigenvalue weighted by Gasteiger charge is -2.11. The summed E-state index contributed by atoms with van der Waals surface area (Å²) >= 11 is 0. The highest BCUT2D eigenvalue weighted by atomic mass is 32.2. The van der Waals surface area contributed by atoms with Gasteiger partial charge in [0.1, 0.15) is 10.7 Å². The molecule has 1 aromatic heterocycles. The van der Waals surface area contributed by atoms with Crippen LogP contribution in [0, 0.1) is 0 Å². The molecule has 1 rings (SSSR count). The number of nitrogens with one attached hydrogen (secondary N) is 2. The molecule has 1 heterocycles. The normalized spacial score (nSPS) is 11.8. The van der Waals surface area contributed by atoms with E-state index in [1.54, 1.807) is 0 Å². The molecule has 0 fully saturated rings. The van der Waals surface area contributed by atoms with Crippen molar-refractivity contribution < 1.29 is 17.2 Å². The quantitative estimate of drug-likeness (QED) is 0.792. The highest BCUT2D eigenvalue weighted by Gasteiger charge is 2.20. The van der Waals surface area contributed by atoms with Crippen molar-refractivity contribution in [1.82, 2.24) is 9.71 Å². The van der Waals surface area contributed by atoms with Crippen molar-refractivity contribution in [2.24, 2.45) is 0 Å². The second-order valence-corrected chi connectivity index (χ2v) is 5.26. The molecule has 2 N–H and O–H groups in total. The van der Waals surface area contributed by atoms with Gasteiger partial charge < -0.3 is 5.32 Å². The zero-order valence-electron chi connectivity index (χ0n) is 9.86. The van der Waals surface area contributed by atoms with Crippen LogP contribution in [0.3, 0.4) is 0 Å². The fourth-order valence-corrected chi connectivity index (χ4v) is 2.37. The van der Waals surface area contributed by atoms with Crippen molar-refractivity contribution >= 4 is 15.8 Å². The number of aromatic nitrogens is 1. The molecular formula is C10H15F2N3O2S. The first-order valence-electron chi connectivity index (χ1n) is 5.44. The molecule has 5 nitrogen and oxygen atoms in total. The van der Waals surface area contributed by atoms with E-state index in [9.17, 15) is 17.2 Å². The maximum absolute atomic E-state index is 12.0. The Balaban J connectivity index is 2.93. The van der Waals surface area contributed by atoms with Gasteiger partial charge in [0.25, 0.3) is 6.43 Å². The van der Waals surface area contributed by atoms with Crippen LogP contribution in [0.4, 0.5) is 14.6 Å². The summed E-state index contributed by atoms with van der Waals surface area (Å²) in [5.41, 5.74) is 0. The number of alkyl halides is 2. The van der Waals surface area contributed by atoms with Gasteiger partial charge in [0.2, 0.25) is 10.0 Å². The number of halogens is 2. The Morgan fingerprint density at radius 3 is 2.78 bits per heavy atom. The van der Waals surface area contributed by atoms with Crippen LogP contribution in [0.1, 0.15) is 13.3 Å². The number of hydrogen-bond donors (Lipinski definition) is 2. The Morgan fingerprint density at radius 2 is 2.17 bits per heavy atom. The SMILES string of the molecule is CCCNc1ncccc1S(=O)(=O)NCC(F)F. The lowest BCUT2D eigenvalue weighted by molar-refractivity contribution is 0.153. The molecule has 0 atom stereocenters. The average Bonchev–Trinajstić information content (AvgIpc) is 2.34. The minimum Gasteiger partial charge on any atom is -0.369 e. The number of nitrogens with zero attached hydrogens (tertiary/aromatic N) is 1. The molecule has 0 aliphatic heterocycles. The third kappa shape index (κ3) is 4.19. The molecule has 0 unspecified atom stereocenters. The maximum Gasteiger partial charge on any atom is 0.251 e. The number of rotatable bonds is 7. The number of pyridine rings is 1. The Kier molecular flexibility index (Phi) is 5.42. The number of sulfonamides is 1. The lowest BCUT2D eigenvalue weighted by Crippen LogP contribution is -2.29. The van der Waals surface area contributed by atoms with Crippen molar-refractivity contribution in [3.8, 4) is 0 Å². The van der Waals surface area contributed by atoms with Crippen LogP contribution >= 0.6 is 0 Å². The van der Waals surface area contributed by atoms with Gasteiger partial charge in [-0.2, -0.15) is 0 Å². The smallest absolute Gasteiger partial charge is 0.251 e. The summed E-state index contributed by atoms with van der Waals surface area (Å²) in [5, 5.41) is 2.84. The largest absolute Gasteiger partial charge is 0.369 e. The van der Waals surface area contributed by atoms with Crippen molar-refractivity contribution in [3.63, 3.8) is 0 Å². The fraction of sp³-hybridized carbons (Fsp3) is 0.500. The second-order valence-electron chi connectivity index (χ2n) is 3.52. The Morgan fingerprint density at radius 1 is 1.44 bits per heavy atom. The molecule has 0 aliphatic carbocycles. The molecule has 0 spiro atoms. The molecule has 102 valence electrons. The number of hydrogen-bond acceptors (Lipinski definition) is 4. The summed E-state index contributed by atoms with van der Waals surface area (Å²) < 4.78 is 49.5. The minimum absolute atomic E-state index is 0.126. The molecule has 0 bridgehead atoms. The molecule has 1 aromatic rings. The monoisotopic (exact) mass is 279 g/mol. The van der Waals surface area contributed by atoms with E-state index < -0.39 is 23.0 Å². The highest BCUT2D eigenvalue weighted by Crippen LogP contribution is 2.17. The maximum atomic E-state index is 12.0. The van der Waals surface area contributed by atoms with Crippen molar-refractivity contribution in [1.29, 1.82) is 0 Å². The van der Waals surface area contributed by atoms with Crippen molar-refractivity contribution in [2.75, 3.05) is 18.4 Å². The van der Waals surface area contributed by atoms with E-state index in [4.69, 9.17) is 0 Å². The van der Waals surface area contributed by atoms with Crippen LogP contribution in [-0.2, 0) is 10.0 Å². The molecule has 0 aliphatic rings. The highest BCUT2D eigenvalue weighted by molar-refractivity contribution is 7.89. The Bertz CT molecular complexity index is 480. The summed E-state index contributed by atoms with van der Waals surface area (Å²) in [7, 11) is -3.97. The summed E-state index contributed by atoms with van der Waals surface area (Å²) in [6.45, 7) is 1.55. The lowest BCUT2D eigenvalue weighted by atomic mass is 10.4. The summed E-state index contributed by atoms with van der Waals surface area (Å²) in [5.74, 6) is 0.168. The van der Waals surface area contributed by atoms with Gasteiger partial charge in [-0.25, -0.2) is 26.9 Å². The van der Waals surface area contributed by atoms with E-state index >= 15 is 0 Å². The third-order valence-electron chi connectivity index (χ3n) is 2.03. The minimum atomic E-state index is -3.97. The molecule has 0 aromatic carbocycles. The molecule has 0 amide bonds. The number of anilines is 1. The Hall–Kier alpha value is -1.28. The predicted molar refractivity (Wildman–Crippen MR) is 64.2 cm³/mol. The van der Waals surface area contributed by atoms with Gasteiger partial charge in [-0.15, -0.1) is 0 Å². The zero-order chi connectivity index (χ0) is 13.6. The van der Waals surface area contributed by atoms with Crippen LogP contribution in [0.5, 0.6) is 0 Å². The topological polar surface area (TPSA) is 71.1 Å². The van der Waals surface area contributed by atoms with Crippen LogP contribution < -0.4 is 10.0 Å². The fourth-order valence-electron chi connectivity index (χ4n) is 1.23. The van der Waals surface area contributed by atoms with E-state index in [1.807, 2.05) is 11.6 Å². The third-order valence-corrected chi connectivity index (χ3v) is 3.49. The first-order chi connectivity index (χ1) is 8.47. The summed E-state index contributed by atoms with van der Waals surface area (Å²) in [6, 6.07) is 2.76. The van der Waals surface area contributed by atoms with E-state index in [-0.39, 0.29) is 10.7 Å².